The third kappa shape index (κ3) is 3.07. The summed E-state index contributed by atoms with van der Waals surface area (Å²) in [6, 6.07) is 12.7. The highest BCUT2D eigenvalue weighted by Crippen LogP contribution is 2.20. The van der Waals surface area contributed by atoms with Gasteiger partial charge in [-0.15, -0.1) is 0 Å². The van der Waals surface area contributed by atoms with Crippen LogP contribution in [-0.2, 0) is 6.61 Å². The van der Waals surface area contributed by atoms with Crippen molar-refractivity contribution >= 4 is 15.9 Å². The van der Waals surface area contributed by atoms with Gasteiger partial charge in [-0.25, -0.2) is 4.39 Å². The molecule has 0 saturated carbocycles. The summed E-state index contributed by atoms with van der Waals surface area (Å²) >= 11 is 3.22. The predicted molar refractivity (Wildman–Crippen MR) is 69.6 cm³/mol. The van der Waals surface area contributed by atoms with Crippen LogP contribution in [-0.4, -0.2) is 0 Å². The number of hydrogen-bond donors (Lipinski definition) is 0. The van der Waals surface area contributed by atoms with Crippen LogP contribution in [0.25, 0.3) is 0 Å². The standard InChI is InChI=1S/C14H12BrFO/c1-10-4-2-3-5-14(10)17-9-11-6-7-12(15)8-13(11)16/h2-8H,9H2,1H3. The lowest BCUT2D eigenvalue weighted by molar-refractivity contribution is 0.298. The van der Waals surface area contributed by atoms with Gasteiger partial charge in [0.1, 0.15) is 18.2 Å². The third-order valence-corrected chi connectivity index (χ3v) is 2.99. The van der Waals surface area contributed by atoms with Crippen LogP contribution >= 0.6 is 15.9 Å². The van der Waals surface area contributed by atoms with Gasteiger partial charge in [0.05, 0.1) is 0 Å². The molecule has 3 heteroatoms. The zero-order valence-corrected chi connectivity index (χ0v) is 11.0. The first-order chi connectivity index (χ1) is 8.16. The maximum atomic E-state index is 13.5. The molecule has 2 rings (SSSR count). The Morgan fingerprint density at radius 2 is 1.94 bits per heavy atom. The molecule has 17 heavy (non-hydrogen) atoms. The monoisotopic (exact) mass is 294 g/mol. The van der Waals surface area contributed by atoms with Gasteiger partial charge in [-0.3, -0.25) is 0 Å². The molecule has 0 amide bonds. The average molecular weight is 295 g/mol. The maximum Gasteiger partial charge on any atom is 0.130 e. The fourth-order valence-corrected chi connectivity index (χ4v) is 1.85. The molecule has 0 heterocycles. The van der Waals surface area contributed by atoms with Crippen molar-refractivity contribution in [2.24, 2.45) is 0 Å². The zero-order valence-electron chi connectivity index (χ0n) is 9.41. The summed E-state index contributed by atoms with van der Waals surface area (Å²) < 4.78 is 19.9. The lowest BCUT2D eigenvalue weighted by Crippen LogP contribution is -1.99. The second-order valence-corrected chi connectivity index (χ2v) is 4.71. The largest absolute Gasteiger partial charge is 0.489 e. The Morgan fingerprint density at radius 3 is 2.65 bits per heavy atom. The van der Waals surface area contributed by atoms with Crippen LogP contribution in [0, 0.1) is 12.7 Å². The summed E-state index contributed by atoms with van der Waals surface area (Å²) in [5, 5.41) is 0. The Hall–Kier alpha value is -1.35. The number of aryl methyl sites for hydroxylation is 1. The molecule has 2 aromatic carbocycles. The Bertz CT molecular complexity index is 525. The average Bonchev–Trinajstić information content (AvgIpc) is 2.30. The minimum absolute atomic E-state index is 0.240. The number of benzene rings is 2. The van der Waals surface area contributed by atoms with Crippen molar-refractivity contribution in [2.45, 2.75) is 13.5 Å². The molecule has 1 nitrogen and oxygen atoms in total. The van der Waals surface area contributed by atoms with Crippen LogP contribution in [0.1, 0.15) is 11.1 Å². The highest BCUT2D eigenvalue weighted by molar-refractivity contribution is 9.10. The van der Waals surface area contributed by atoms with Crippen molar-refractivity contribution in [1.82, 2.24) is 0 Å². The van der Waals surface area contributed by atoms with E-state index in [1.807, 2.05) is 31.2 Å². The number of ether oxygens (including phenoxy) is 1. The molecule has 88 valence electrons. The number of rotatable bonds is 3. The molecule has 2 aromatic rings. The Morgan fingerprint density at radius 1 is 1.18 bits per heavy atom. The molecule has 0 atom stereocenters. The van der Waals surface area contributed by atoms with Gasteiger partial charge < -0.3 is 4.74 Å². The van der Waals surface area contributed by atoms with Crippen LogP contribution in [0.5, 0.6) is 5.75 Å². The van der Waals surface area contributed by atoms with E-state index in [2.05, 4.69) is 15.9 Å². The van der Waals surface area contributed by atoms with Gasteiger partial charge in [-0.05, 0) is 30.7 Å². The third-order valence-electron chi connectivity index (χ3n) is 2.49. The summed E-state index contributed by atoms with van der Waals surface area (Å²) in [7, 11) is 0. The van der Waals surface area contributed by atoms with Gasteiger partial charge in [-0.1, -0.05) is 40.2 Å². The summed E-state index contributed by atoms with van der Waals surface area (Å²) in [6.07, 6.45) is 0. The van der Waals surface area contributed by atoms with Gasteiger partial charge >= 0.3 is 0 Å². The molecule has 0 unspecified atom stereocenters. The zero-order chi connectivity index (χ0) is 12.3. The maximum absolute atomic E-state index is 13.5. The molecular weight excluding hydrogens is 283 g/mol. The second-order valence-electron chi connectivity index (χ2n) is 3.79. The predicted octanol–water partition coefficient (Wildman–Crippen LogP) is 4.48. The van der Waals surface area contributed by atoms with E-state index in [-0.39, 0.29) is 12.4 Å². The van der Waals surface area contributed by atoms with Crippen LogP contribution < -0.4 is 4.74 Å². The first kappa shape index (κ1) is 12.1. The van der Waals surface area contributed by atoms with Crippen LogP contribution in [0.4, 0.5) is 4.39 Å². The Kier molecular flexibility index (Phi) is 3.79. The van der Waals surface area contributed by atoms with Gasteiger partial charge in [-0.2, -0.15) is 0 Å². The molecule has 0 aliphatic carbocycles. The molecule has 0 aliphatic heterocycles. The Labute approximate surface area is 108 Å². The number of halogens is 2. The van der Waals surface area contributed by atoms with Gasteiger partial charge in [0.2, 0.25) is 0 Å². The molecule has 0 spiro atoms. The first-order valence-corrected chi connectivity index (χ1v) is 6.08. The van der Waals surface area contributed by atoms with Crippen LogP contribution in [0.3, 0.4) is 0 Å². The number of para-hydroxylation sites is 1. The van der Waals surface area contributed by atoms with E-state index in [1.54, 1.807) is 12.1 Å². The van der Waals surface area contributed by atoms with E-state index in [9.17, 15) is 4.39 Å². The lowest BCUT2D eigenvalue weighted by Gasteiger charge is -2.09. The Balaban J connectivity index is 2.10. The van der Waals surface area contributed by atoms with E-state index in [1.165, 1.54) is 6.07 Å². The summed E-state index contributed by atoms with van der Waals surface area (Å²) in [4.78, 5) is 0. The molecule has 0 fully saturated rings. The molecule has 0 radical (unpaired) electrons. The summed E-state index contributed by atoms with van der Waals surface area (Å²) in [5.41, 5.74) is 1.60. The van der Waals surface area contributed by atoms with E-state index in [4.69, 9.17) is 4.74 Å². The SMILES string of the molecule is Cc1ccccc1OCc1ccc(Br)cc1F. The van der Waals surface area contributed by atoms with Crippen LogP contribution in [0.15, 0.2) is 46.9 Å². The van der Waals surface area contributed by atoms with E-state index < -0.39 is 0 Å². The van der Waals surface area contributed by atoms with E-state index >= 15 is 0 Å². The molecule has 0 saturated heterocycles. The van der Waals surface area contributed by atoms with Crippen molar-refractivity contribution in [3.8, 4) is 5.75 Å². The quantitative estimate of drug-likeness (QED) is 0.811. The van der Waals surface area contributed by atoms with Gasteiger partial charge in [0, 0.05) is 10.0 Å². The van der Waals surface area contributed by atoms with Crippen molar-refractivity contribution in [1.29, 1.82) is 0 Å². The topological polar surface area (TPSA) is 9.23 Å². The fraction of sp³-hybridized carbons (Fsp3) is 0.143. The second kappa shape index (κ2) is 5.32. The highest BCUT2D eigenvalue weighted by Gasteiger charge is 2.04. The lowest BCUT2D eigenvalue weighted by atomic mass is 10.2. The minimum atomic E-state index is -0.257. The molecule has 0 N–H and O–H groups in total. The van der Waals surface area contributed by atoms with Crippen molar-refractivity contribution in [3.63, 3.8) is 0 Å². The normalized spacial score (nSPS) is 10.3. The minimum Gasteiger partial charge on any atom is -0.489 e. The van der Waals surface area contributed by atoms with Gasteiger partial charge in [0.25, 0.3) is 0 Å². The van der Waals surface area contributed by atoms with E-state index in [0.717, 1.165) is 15.8 Å². The summed E-state index contributed by atoms with van der Waals surface area (Å²) in [5.74, 6) is 0.530. The molecule has 0 aliphatic rings. The van der Waals surface area contributed by atoms with Crippen molar-refractivity contribution < 1.29 is 9.13 Å². The number of hydrogen-bond acceptors (Lipinski definition) is 1. The van der Waals surface area contributed by atoms with E-state index in [0.29, 0.717) is 5.56 Å². The molecule has 0 aromatic heterocycles. The van der Waals surface area contributed by atoms with Gasteiger partial charge in [0.15, 0.2) is 0 Å². The van der Waals surface area contributed by atoms with Crippen molar-refractivity contribution in [2.75, 3.05) is 0 Å². The molecule has 0 bridgehead atoms. The highest BCUT2D eigenvalue weighted by atomic mass is 79.9. The summed E-state index contributed by atoms with van der Waals surface area (Å²) in [6.45, 7) is 2.21. The van der Waals surface area contributed by atoms with Crippen LogP contribution in [0.2, 0.25) is 0 Å². The first-order valence-electron chi connectivity index (χ1n) is 5.29. The molecular formula is C14H12BrFO. The fourth-order valence-electron chi connectivity index (χ4n) is 1.51. The smallest absolute Gasteiger partial charge is 0.130 e. The van der Waals surface area contributed by atoms with Crippen molar-refractivity contribution in [3.05, 3.63) is 63.9 Å².